The van der Waals surface area contributed by atoms with Gasteiger partial charge in [-0.05, 0) is 54.8 Å². The van der Waals surface area contributed by atoms with Crippen LogP contribution in [0.1, 0.15) is 6.42 Å². The van der Waals surface area contributed by atoms with Gasteiger partial charge in [0, 0.05) is 11.9 Å². The lowest BCUT2D eigenvalue weighted by Crippen LogP contribution is -2.41. The fraction of sp³-hybridized carbons (Fsp3) is 0.190. The van der Waals surface area contributed by atoms with Crippen molar-refractivity contribution in [3.63, 3.8) is 0 Å². The molecule has 0 aromatic heterocycles. The molecule has 29 heavy (non-hydrogen) atoms. The van der Waals surface area contributed by atoms with Gasteiger partial charge in [0.15, 0.2) is 0 Å². The van der Waals surface area contributed by atoms with Gasteiger partial charge < -0.3 is 20.5 Å². The molecule has 7 nitrogen and oxygen atoms in total. The first-order valence-corrected chi connectivity index (χ1v) is 10.1. The second kappa shape index (κ2) is 11.4. The number of hydrogen-bond donors (Lipinski definition) is 3. The number of para-hydroxylation sites is 1. The number of carbonyl (C=O) groups is 2. The second-order valence-corrected chi connectivity index (χ2v) is 6.89. The van der Waals surface area contributed by atoms with Gasteiger partial charge in [-0.2, -0.15) is 17.0 Å². The first-order chi connectivity index (χ1) is 14.0. The van der Waals surface area contributed by atoms with Crippen LogP contribution in [0.5, 0.6) is 11.5 Å². The van der Waals surface area contributed by atoms with Gasteiger partial charge in [-0.25, -0.2) is 4.79 Å². The summed E-state index contributed by atoms with van der Waals surface area (Å²) in [6.45, 7) is 0. The average Bonchev–Trinajstić information content (AvgIpc) is 2.73. The third-order valence-electron chi connectivity index (χ3n) is 3.80. The van der Waals surface area contributed by atoms with Crippen molar-refractivity contribution in [3.05, 3.63) is 66.4 Å². The maximum Gasteiger partial charge on any atom is 0.326 e. The molecule has 2 aromatic rings. The zero-order chi connectivity index (χ0) is 21.1. The van der Waals surface area contributed by atoms with Gasteiger partial charge in [-0.15, -0.1) is 0 Å². The van der Waals surface area contributed by atoms with Crippen LogP contribution in [-0.2, 0) is 9.59 Å². The van der Waals surface area contributed by atoms with Crippen LogP contribution in [0.15, 0.2) is 66.4 Å². The number of hydrogen-bond acceptors (Lipinski definition) is 6. The van der Waals surface area contributed by atoms with E-state index in [1.165, 1.54) is 18.0 Å². The summed E-state index contributed by atoms with van der Waals surface area (Å²) in [5.74, 6) is 0.0654. The summed E-state index contributed by atoms with van der Waals surface area (Å²) in [6.07, 6.45) is 3.37. The number of anilines is 1. The Labute approximate surface area is 173 Å². The Morgan fingerprint density at radius 3 is 2.41 bits per heavy atom. The quantitative estimate of drug-likeness (QED) is 0.404. The zero-order valence-electron chi connectivity index (χ0n) is 15.8. The van der Waals surface area contributed by atoms with Crippen molar-refractivity contribution in [3.8, 4) is 17.6 Å². The minimum absolute atomic E-state index is 0.218. The summed E-state index contributed by atoms with van der Waals surface area (Å²) in [6, 6.07) is 17.0. The summed E-state index contributed by atoms with van der Waals surface area (Å²) in [5.41, 5.74) is 0.424. The van der Waals surface area contributed by atoms with Crippen LogP contribution in [0.3, 0.4) is 0 Å². The average molecular weight is 411 g/mol. The van der Waals surface area contributed by atoms with Crippen molar-refractivity contribution in [2.45, 2.75) is 12.5 Å². The third kappa shape index (κ3) is 7.24. The lowest BCUT2D eigenvalue weighted by Gasteiger charge is -2.13. The number of carboxylic acid groups (broad SMARTS) is 1. The van der Waals surface area contributed by atoms with Crippen molar-refractivity contribution in [2.75, 3.05) is 17.3 Å². The maximum absolute atomic E-state index is 12.2. The molecule has 3 N–H and O–H groups in total. The summed E-state index contributed by atoms with van der Waals surface area (Å²) in [4.78, 5) is 23.4. The number of aliphatic carboxylic acids is 1. The van der Waals surface area contributed by atoms with E-state index in [-0.39, 0.29) is 12.0 Å². The van der Waals surface area contributed by atoms with E-state index in [2.05, 4.69) is 10.6 Å². The number of ether oxygens (including phenoxy) is 1. The van der Waals surface area contributed by atoms with Crippen LogP contribution < -0.4 is 15.4 Å². The standard InChI is InChI=1S/C21H21N3O4S/c1-29-12-11-19(21(26)27)24-20(25)15(13-22)14-23-16-7-9-18(10-8-16)28-17-5-3-2-4-6-17/h2-10,14,19,23H,11-12H2,1H3,(H,24,25)(H,26,27)/b15-14-. The van der Waals surface area contributed by atoms with Crippen LogP contribution in [0.4, 0.5) is 5.69 Å². The van der Waals surface area contributed by atoms with E-state index in [0.29, 0.717) is 22.9 Å². The number of amides is 1. The predicted octanol–water partition coefficient (Wildman–Crippen LogP) is 3.62. The Balaban J connectivity index is 1.97. The van der Waals surface area contributed by atoms with Crippen molar-refractivity contribution in [1.82, 2.24) is 5.32 Å². The molecule has 1 unspecified atom stereocenters. The van der Waals surface area contributed by atoms with E-state index >= 15 is 0 Å². The number of nitriles is 1. The smallest absolute Gasteiger partial charge is 0.326 e. The summed E-state index contributed by atoms with van der Waals surface area (Å²) in [7, 11) is 0. The molecule has 150 valence electrons. The number of nitrogens with one attached hydrogen (secondary N) is 2. The minimum atomic E-state index is -1.13. The molecule has 0 heterocycles. The van der Waals surface area contributed by atoms with Crippen molar-refractivity contribution in [1.29, 1.82) is 5.26 Å². The van der Waals surface area contributed by atoms with Gasteiger partial charge in [-0.3, -0.25) is 4.79 Å². The highest BCUT2D eigenvalue weighted by atomic mass is 32.2. The molecule has 0 aliphatic carbocycles. The number of rotatable bonds is 10. The van der Waals surface area contributed by atoms with Crippen LogP contribution in [-0.4, -0.2) is 35.0 Å². The Hall–Kier alpha value is -3.44. The minimum Gasteiger partial charge on any atom is -0.480 e. The molecule has 2 aromatic carbocycles. The molecule has 0 aliphatic rings. The topological polar surface area (TPSA) is 111 Å². The lowest BCUT2D eigenvalue weighted by molar-refractivity contribution is -0.141. The van der Waals surface area contributed by atoms with Gasteiger partial charge in [0.25, 0.3) is 5.91 Å². The zero-order valence-corrected chi connectivity index (χ0v) is 16.6. The highest BCUT2D eigenvalue weighted by Crippen LogP contribution is 2.22. The van der Waals surface area contributed by atoms with Gasteiger partial charge in [0.2, 0.25) is 0 Å². The highest BCUT2D eigenvalue weighted by Gasteiger charge is 2.21. The molecular formula is C21H21N3O4S. The van der Waals surface area contributed by atoms with Gasteiger partial charge >= 0.3 is 5.97 Å². The summed E-state index contributed by atoms with van der Waals surface area (Å²) < 4.78 is 5.70. The lowest BCUT2D eigenvalue weighted by atomic mass is 10.2. The second-order valence-electron chi connectivity index (χ2n) is 5.90. The van der Waals surface area contributed by atoms with E-state index in [1.807, 2.05) is 36.6 Å². The first kappa shape index (κ1) is 21.9. The van der Waals surface area contributed by atoms with E-state index in [1.54, 1.807) is 30.3 Å². The van der Waals surface area contributed by atoms with Crippen LogP contribution in [0, 0.1) is 11.3 Å². The molecule has 0 fully saturated rings. The number of thioether (sulfide) groups is 1. The van der Waals surface area contributed by atoms with Crippen LogP contribution >= 0.6 is 11.8 Å². The SMILES string of the molecule is CSCCC(NC(=O)/C(C#N)=C\Nc1ccc(Oc2ccccc2)cc1)C(=O)O. The summed E-state index contributed by atoms with van der Waals surface area (Å²) in [5, 5.41) is 23.6. The van der Waals surface area contributed by atoms with Crippen molar-refractivity contribution < 1.29 is 19.4 Å². The molecule has 0 radical (unpaired) electrons. The van der Waals surface area contributed by atoms with E-state index in [9.17, 15) is 20.0 Å². The Bertz CT molecular complexity index is 892. The van der Waals surface area contributed by atoms with Gasteiger partial charge in [0.1, 0.15) is 29.2 Å². The molecule has 0 saturated heterocycles. The third-order valence-corrected chi connectivity index (χ3v) is 4.44. The van der Waals surface area contributed by atoms with Crippen LogP contribution in [0.2, 0.25) is 0 Å². The van der Waals surface area contributed by atoms with Crippen molar-refractivity contribution in [2.24, 2.45) is 0 Å². The van der Waals surface area contributed by atoms with Crippen molar-refractivity contribution >= 4 is 29.3 Å². The van der Waals surface area contributed by atoms with E-state index in [4.69, 9.17) is 4.74 Å². The highest BCUT2D eigenvalue weighted by molar-refractivity contribution is 7.98. The number of nitrogens with zero attached hydrogens (tertiary/aromatic N) is 1. The molecule has 0 spiro atoms. The van der Waals surface area contributed by atoms with Gasteiger partial charge in [-0.1, -0.05) is 18.2 Å². The largest absolute Gasteiger partial charge is 0.480 e. The Morgan fingerprint density at radius 1 is 1.17 bits per heavy atom. The normalized spacial score (nSPS) is 11.8. The Morgan fingerprint density at radius 2 is 1.83 bits per heavy atom. The van der Waals surface area contributed by atoms with Gasteiger partial charge in [0.05, 0.1) is 0 Å². The fourth-order valence-electron chi connectivity index (χ4n) is 2.28. The fourth-order valence-corrected chi connectivity index (χ4v) is 2.75. The number of carboxylic acids is 1. The van der Waals surface area contributed by atoms with E-state index in [0.717, 1.165) is 0 Å². The molecule has 8 heteroatoms. The molecule has 0 aliphatic heterocycles. The monoisotopic (exact) mass is 411 g/mol. The van der Waals surface area contributed by atoms with Crippen LogP contribution in [0.25, 0.3) is 0 Å². The molecule has 0 bridgehead atoms. The molecular weight excluding hydrogens is 390 g/mol. The first-order valence-electron chi connectivity index (χ1n) is 8.76. The number of benzene rings is 2. The molecule has 1 amide bonds. The summed E-state index contributed by atoms with van der Waals surface area (Å²) >= 11 is 1.48. The van der Waals surface area contributed by atoms with E-state index < -0.39 is 17.9 Å². The molecule has 0 saturated carbocycles. The Kier molecular flexibility index (Phi) is 8.60. The molecule has 1 atom stereocenters. The number of carbonyl (C=O) groups excluding carboxylic acids is 1. The molecule has 2 rings (SSSR count). The maximum atomic E-state index is 12.2. The predicted molar refractivity (Wildman–Crippen MR) is 113 cm³/mol.